The molecule has 23 heavy (non-hydrogen) atoms. The van der Waals surface area contributed by atoms with Gasteiger partial charge in [0.2, 0.25) is 0 Å². The van der Waals surface area contributed by atoms with E-state index in [0.29, 0.717) is 30.2 Å². The van der Waals surface area contributed by atoms with Gasteiger partial charge in [-0.25, -0.2) is 9.59 Å². The molecule has 1 unspecified atom stereocenters. The van der Waals surface area contributed by atoms with Crippen LogP contribution in [-0.2, 0) is 4.74 Å². The molecule has 1 aromatic carbocycles. The molecular weight excluding hydrogens is 318 g/mol. The highest BCUT2D eigenvalue weighted by Crippen LogP contribution is 2.16. The lowest BCUT2D eigenvalue weighted by Crippen LogP contribution is -2.42. The largest absolute Gasteiger partial charge is 0.444 e. The number of amides is 3. The predicted molar refractivity (Wildman–Crippen MR) is 89.8 cm³/mol. The fraction of sp³-hybridized carbons (Fsp3) is 0.500. The van der Waals surface area contributed by atoms with Crippen molar-refractivity contribution in [1.29, 1.82) is 0 Å². The van der Waals surface area contributed by atoms with Crippen LogP contribution in [0.4, 0.5) is 15.3 Å². The highest BCUT2D eigenvalue weighted by molar-refractivity contribution is 6.30. The van der Waals surface area contributed by atoms with Crippen LogP contribution < -0.4 is 10.6 Å². The van der Waals surface area contributed by atoms with Crippen molar-refractivity contribution in [3.05, 3.63) is 29.3 Å². The Morgan fingerprint density at radius 2 is 1.91 bits per heavy atom. The Kier molecular flexibility index (Phi) is 5.36. The van der Waals surface area contributed by atoms with Crippen LogP contribution in [0.3, 0.4) is 0 Å². The van der Waals surface area contributed by atoms with Gasteiger partial charge in [-0.15, -0.1) is 0 Å². The zero-order valence-corrected chi connectivity index (χ0v) is 14.3. The van der Waals surface area contributed by atoms with Crippen molar-refractivity contribution >= 4 is 29.4 Å². The molecule has 0 aromatic heterocycles. The van der Waals surface area contributed by atoms with Crippen molar-refractivity contribution < 1.29 is 14.3 Å². The van der Waals surface area contributed by atoms with Crippen molar-refractivity contribution in [1.82, 2.24) is 10.2 Å². The maximum Gasteiger partial charge on any atom is 0.407 e. The molecule has 2 rings (SSSR count). The average molecular weight is 340 g/mol. The van der Waals surface area contributed by atoms with Crippen LogP contribution in [-0.4, -0.2) is 41.8 Å². The van der Waals surface area contributed by atoms with Crippen LogP contribution in [0, 0.1) is 0 Å². The van der Waals surface area contributed by atoms with Crippen LogP contribution in [0.1, 0.15) is 27.2 Å². The summed E-state index contributed by atoms with van der Waals surface area (Å²) in [5.41, 5.74) is 0.150. The zero-order valence-electron chi connectivity index (χ0n) is 13.6. The highest BCUT2D eigenvalue weighted by atomic mass is 35.5. The molecule has 7 heteroatoms. The molecule has 2 N–H and O–H groups in total. The van der Waals surface area contributed by atoms with E-state index in [1.54, 1.807) is 29.2 Å². The van der Waals surface area contributed by atoms with E-state index in [1.165, 1.54) is 0 Å². The molecule has 0 saturated carbocycles. The molecular formula is C16H22ClN3O3. The molecule has 1 aromatic rings. The molecule has 1 saturated heterocycles. The minimum atomic E-state index is -0.533. The molecule has 1 aliphatic heterocycles. The molecule has 6 nitrogen and oxygen atoms in total. The molecule has 0 aliphatic carbocycles. The van der Waals surface area contributed by atoms with Gasteiger partial charge in [0, 0.05) is 23.8 Å². The normalized spacial score (nSPS) is 17.7. The summed E-state index contributed by atoms with van der Waals surface area (Å²) in [7, 11) is 0. The van der Waals surface area contributed by atoms with Gasteiger partial charge in [0.25, 0.3) is 0 Å². The van der Waals surface area contributed by atoms with E-state index in [-0.39, 0.29) is 12.1 Å². The van der Waals surface area contributed by atoms with E-state index in [0.717, 1.165) is 0 Å². The summed E-state index contributed by atoms with van der Waals surface area (Å²) in [6.07, 6.45) is 0.246. The minimum Gasteiger partial charge on any atom is -0.444 e. The summed E-state index contributed by atoms with van der Waals surface area (Å²) in [6.45, 7) is 6.48. The number of hydrogen-bond acceptors (Lipinski definition) is 3. The Hall–Kier alpha value is -1.95. The highest BCUT2D eigenvalue weighted by Gasteiger charge is 2.28. The van der Waals surface area contributed by atoms with Gasteiger partial charge in [-0.2, -0.15) is 0 Å². The number of nitrogens with zero attached hydrogens (tertiary/aromatic N) is 1. The predicted octanol–water partition coefficient (Wildman–Crippen LogP) is 3.47. The number of urea groups is 1. The van der Waals surface area contributed by atoms with Crippen LogP contribution in [0.25, 0.3) is 0 Å². The topological polar surface area (TPSA) is 70.7 Å². The number of hydrogen-bond donors (Lipinski definition) is 2. The maximum absolute atomic E-state index is 12.2. The summed E-state index contributed by atoms with van der Waals surface area (Å²) < 4.78 is 5.22. The lowest BCUT2D eigenvalue weighted by Gasteiger charge is -2.22. The third-order valence-electron chi connectivity index (χ3n) is 3.29. The first kappa shape index (κ1) is 17.4. The number of likely N-dealkylation sites (tertiary alicyclic amines) is 1. The Bertz CT molecular complexity index is 569. The maximum atomic E-state index is 12.2. The monoisotopic (exact) mass is 339 g/mol. The van der Waals surface area contributed by atoms with Crippen LogP contribution in [0.5, 0.6) is 0 Å². The van der Waals surface area contributed by atoms with Crippen molar-refractivity contribution in [2.45, 2.75) is 38.8 Å². The third kappa shape index (κ3) is 5.63. The Balaban J connectivity index is 1.81. The molecule has 126 valence electrons. The SMILES string of the molecule is CC(C)(C)OC(=O)NC1CCN(C(=O)Nc2ccc(Cl)cc2)C1. The van der Waals surface area contributed by atoms with Crippen molar-refractivity contribution in [2.24, 2.45) is 0 Å². The quantitative estimate of drug-likeness (QED) is 0.866. The number of rotatable bonds is 2. The first-order chi connectivity index (χ1) is 10.7. The lowest BCUT2D eigenvalue weighted by molar-refractivity contribution is 0.0506. The van der Waals surface area contributed by atoms with E-state index >= 15 is 0 Å². The standard InChI is InChI=1S/C16H22ClN3O3/c1-16(2,3)23-15(22)19-13-8-9-20(10-13)14(21)18-12-6-4-11(17)5-7-12/h4-7,13H,8-10H2,1-3H3,(H,18,21)(H,19,22). The number of ether oxygens (including phenoxy) is 1. The van der Waals surface area contributed by atoms with E-state index < -0.39 is 11.7 Å². The Morgan fingerprint density at radius 3 is 2.52 bits per heavy atom. The van der Waals surface area contributed by atoms with Crippen molar-refractivity contribution in [3.63, 3.8) is 0 Å². The fourth-order valence-electron chi connectivity index (χ4n) is 2.27. The van der Waals surface area contributed by atoms with Gasteiger partial charge < -0.3 is 20.3 Å². The number of halogens is 1. The molecule has 1 heterocycles. The van der Waals surface area contributed by atoms with Gasteiger partial charge in [0.1, 0.15) is 5.60 Å². The zero-order chi connectivity index (χ0) is 17.0. The van der Waals surface area contributed by atoms with Gasteiger partial charge in [-0.3, -0.25) is 0 Å². The minimum absolute atomic E-state index is 0.0965. The molecule has 1 atom stereocenters. The number of alkyl carbamates (subject to hydrolysis) is 1. The first-order valence-electron chi connectivity index (χ1n) is 7.54. The summed E-state index contributed by atoms with van der Waals surface area (Å²) in [5.74, 6) is 0. The van der Waals surface area contributed by atoms with Crippen molar-refractivity contribution in [2.75, 3.05) is 18.4 Å². The Morgan fingerprint density at radius 1 is 1.26 bits per heavy atom. The second-order valence-electron chi connectivity index (χ2n) is 6.51. The summed E-state index contributed by atoms with van der Waals surface area (Å²) in [4.78, 5) is 25.6. The van der Waals surface area contributed by atoms with E-state index in [1.807, 2.05) is 20.8 Å². The van der Waals surface area contributed by atoms with Crippen LogP contribution >= 0.6 is 11.6 Å². The number of carbonyl (C=O) groups excluding carboxylic acids is 2. The van der Waals surface area contributed by atoms with Gasteiger partial charge in [0.15, 0.2) is 0 Å². The summed E-state index contributed by atoms with van der Waals surface area (Å²) >= 11 is 5.81. The second kappa shape index (κ2) is 7.08. The number of nitrogens with one attached hydrogen (secondary N) is 2. The van der Waals surface area contributed by atoms with E-state index in [4.69, 9.17) is 16.3 Å². The second-order valence-corrected chi connectivity index (χ2v) is 6.95. The first-order valence-corrected chi connectivity index (χ1v) is 7.92. The molecule has 1 fully saturated rings. The summed E-state index contributed by atoms with van der Waals surface area (Å²) in [5, 5.41) is 6.22. The van der Waals surface area contributed by atoms with Crippen molar-refractivity contribution in [3.8, 4) is 0 Å². The van der Waals surface area contributed by atoms with Crippen LogP contribution in [0.2, 0.25) is 5.02 Å². The number of anilines is 1. The van der Waals surface area contributed by atoms with Crippen LogP contribution in [0.15, 0.2) is 24.3 Å². The molecule has 0 bridgehead atoms. The van der Waals surface area contributed by atoms with Gasteiger partial charge in [-0.1, -0.05) is 11.6 Å². The third-order valence-corrected chi connectivity index (χ3v) is 3.54. The van der Waals surface area contributed by atoms with Gasteiger partial charge in [0.05, 0.1) is 6.04 Å². The molecule has 1 aliphatic rings. The Labute approximate surface area is 141 Å². The molecule has 0 radical (unpaired) electrons. The smallest absolute Gasteiger partial charge is 0.407 e. The lowest BCUT2D eigenvalue weighted by atomic mass is 10.2. The fourth-order valence-corrected chi connectivity index (χ4v) is 2.40. The van der Waals surface area contributed by atoms with Gasteiger partial charge >= 0.3 is 12.1 Å². The number of carbonyl (C=O) groups is 2. The van der Waals surface area contributed by atoms with E-state index in [9.17, 15) is 9.59 Å². The average Bonchev–Trinajstić information content (AvgIpc) is 2.87. The number of benzene rings is 1. The van der Waals surface area contributed by atoms with E-state index in [2.05, 4.69) is 10.6 Å². The molecule has 3 amide bonds. The molecule has 0 spiro atoms. The summed E-state index contributed by atoms with van der Waals surface area (Å²) in [6, 6.07) is 6.63. The van der Waals surface area contributed by atoms with Gasteiger partial charge in [-0.05, 0) is 51.5 Å².